The first kappa shape index (κ1) is 21.4. The number of hydrogen-bond donors (Lipinski definition) is 1. The van der Waals surface area contributed by atoms with Crippen molar-refractivity contribution in [3.8, 4) is 0 Å². The summed E-state index contributed by atoms with van der Waals surface area (Å²) in [5.41, 5.74) is -1.36. The molecule has 6 nitrogen and oxygen atoms in total. The molecule has 0 aliphatic carbocycles. The van der Waals surface area contributed by atoms with E-state index >= 15 is 0 Å². The second kappa shape index (κ2) is 8.31. The van der Waals surface area contributed by atoms with Gasteiger partial charge in [-0.3, -0.25) is 14.4 Å². The summed E-state index contributed by atoms with van der Waals surface area (Å²) in [5.74, 6) is -4.53. The summed E-state index contributed by atoms with van der Waals surface area (Å²) in [4.78, 5) is 35.7. The lowest BCUT2D eigenvalue weighted by Gasteiger charge is -2.29. The monoisotopic (exact) mass is 330 g/mol. The van der Waals surface area contributed by atoms with Gasteiger partial charge in [0.25, 0.3) is 0 Å². The predicted molar refractivity (Wildman–Crippen MR) is 85.8 cm³/mol. The van der Waals surface area contributed by atoms with Crippen molar-refractivity contribution in [3.63, 3.8) is 0 Å². The highest BCUT2D eigenvalue weighted by molar-refractivity contribution is 5.85. The number of carboxylic acid groups (broad SMARTS) is 1. The van der Waals surface area contributed by atoms with E-state index in [1.54, 1.807) is 27.7 Å². The Morgan fingerprint density at radius 3 is 1.78 bits per heavy atom. The summed E-state index contributed by atoms with van der Waals surface area (Å²) in [7, 11) is 0. The molecule has 2 unspecified atom stereocenters. The Hall–Kier alpha value is -1.59. The van der Waals surface area contributed by atoms with Gasteiger partial charge in [-0.05, 0) is 40.5 Å². The van der Waals surface area contributed by atoms with Crippen molar-refractivity contribution in [2.24, 2.45) is 11.8 Å². The molecule has 0 aromatic heterocycles. The van der Waals surface area contributed by atoms with Crippen molar-refractivity contribution in [1.82, 2.24) is 0 Å². The molecule has 2 atom stereocenters. The van der Waals surface area contributed by atoms with Crippen LogP contribution in [0.15, 0.2) is 0 Å². The van der Waals surface area contributed by atoms with Gasteiger partial charge in [0.05, 0.1) is 18.3 Å². The fraction of sp³-hybridized carbons (Fsp3) is 0.824. The second-order valence-electron chi connectivity index (χ2n) is 7.06. The van der Waals surface area contributed by atoms with Gasteiger partial charge in [-0.25, -0.2) is 0 Å². The third kappa shape index (κ3) is 7.48. The molecule has 0 saturated heterocycles. The van der Waals surface area contributed by atoms with Crippen molar-refractivity contribution in [3.05, 3.63) is 0 Å². The van der Waals surface area contributed by atoms with E-state index in [9.17, 15) is 19.5 Å². The van der Waals surface area contributed by atoms with Gasteiger partial charge in [-0.2, -0.15) is 0 Å². The zero-order valence-corrected chi connectivity index (χ0v) is 15.3. The van der Waals surface area contributed by atoms with Gasteiger partial charge in [0.15, 0.2) is 0 Å². The zero-order valence-electron chi connectivity index (χ0n) is 15.3. The van der Waals surface area contributed by atoms with E-state index in [2.05, 4.69) is 0 Å². The standard InChI is InChI=1S/C17H30O6/c1-8-16(4,5)22-13(18)10-12(11(3)14(19)20)15(21)23-17(6,7)9-2/h11-12H,8-10H2,1-7H3,(H,19,20). The van der Waals surface area contributed by atoms with Gasteiger partial charge >= 0.3 is 17.9 Å². The first-order chi connectivity index (χ1) is 10.3. The molecule has 6 heteroatoms. The number of carbonyl (C=O) groups is 3. The Balaban J connectivity index is 5.14. The van der Waals surface area contributed by atoms with Crippen LogP contribution >= 0.6 is 0 Å². The van der Waals surface area contributed by atoms with Crippen LogP contribution in [0.4, 0.5) is 0 Å². The van der Waals surface area contributed by atoms with Crippen LogP contribution in [0.25, 0.3) is 0 Å². The molecular formula is C17H30O6. The molecule has 0 aromatic carbocycles. The number of hydrogen-bond acceptors (Lipinski definition) is 5. The lowest BCUT2D eigenvalue weighted by Crippen LogP contribution is -2.38. The van der Waals surface area contributed by atoms with Crippen LogP contribution in [0.3, 0.4) is 0 Å². The summed E-state index contributed by atoms with van der Waals surface area (Å²) in [6.07, 6.45) is 0.890. The Morgan fingerprint density at radius 1 is 0.957 bits per heavy atom. The maximum Gasteiger partial charge on any atom is 0.310 e. The number of ether oxygens (including phenoxy) is 2. The lowest BCUT2D eigenvalue weighted by atomic mass is 9.90. The molecule has 0 bridgehead atoms. The third-order valence-corrected chi connectivity index (χ3v) is 4.15. The predicted octanol–water partition coefficient (Wildman–Crippen LogP) is 3.18. The number of esters is 2. The van der Waals surface area contributed by atoms with E-state index in [1.165, 1.54) is 6.92 Å². The van der Waals surface area contributed by atoms with Crippen molar-refractivity contribution in [2.45, 2.75) is 78.9 Å². The summed E-state index contributed by atoms with van der Waals surface area (Å²) in [5, 5.41) is 9.19. The van der Waals surface area contributed by atoms with Crippen LogP contribution in [0.5, 0.6) is 0 Å². The molecule has 23 heavy (non-hydrogen) atoms. The van der Waals surface area contributed by atoms with Crippen molar-refractivity contribution in [1.29, 1.82) is 0 Å². The molecule has 0 aromatic rings. The van der Waals surface area contributed by atoms with Gasteiger partial charge in [0, 0.05) is 0 Å². The fourth-order valence-electron chi connectivity index (χ4n) is 1.66. The third-order valence-electron chi connectivity index (χ3n) is 4.15. The van der Waals surface area contributed by atoms with Gasteiger partial charge < -0.3 is 14.6 Å². The molecule has 0 aliphatic rings. The topological polar surface area (TPSA) is 89.9 Å². The molecule has 0 heterocycles. The van der Waals surface area contributed by atoms with E-state index in [-0.39, 0.29) is 6.42 Å². The highest BCUT2D eigenvalue weighted by Gasteiger charge is 2.37. The number of carboxylic acids is 1. The Kier molecular flexibility index (Phi) is 7.74. The minimum atomic E-state index is -1.15. The SMILES string of the molecule is CCC(C)(C)OC(=O)CC(C(=O)OC(C)(C)CC)C(C)C(=O)O. The van der Waals surface area contributed by atoms with E-state index in [4.69, 9.17) is 9.47 Å². The molecule has 0 aliphatic heterocycles. The van der Waals surface area contributed by atoms with Gasteiger partial charge in [0.2, 0.25) is 0 Å². The minimum absolute atomic E-state index is 0.310. The molecule has 1 N–H and O–H groups in total. The van der Waals surface area contributed by atoms with Gasteiger partial charge in [0.1, 0.15) is 11.2 Å². The second-order valence-corrected chi connectivity index (χ2v) is 7.06. The quantitative estimate of drug-likeness (QED) is 0.653. The maximum atomic E-state index is 12.3. The van der Waals surface area contributed by atoms with Gasteiger partial charge in [-0.1, -0.05) is 20.8 Å². The maximum absolute atomic E-state index is 12.3. The Bertz CT molecular complexity index is 438. The molecule has 134 valence electrons. The zero-order chi connectivity index (χ0) is 18.4. The normalized spacial score (nSPS) is 14.7. The molecule has 0 fully saturated rings. The van der Waals surface area contributed by atoms with Crippen molar-refractivity contribution >= 4 is 17.9 Å². The molecule has 0 amide bonds. The summed E-state index contributed by atoms with van der Waals surface area (Å²) < 4.78 is 10.7. The first-order valence-electron chi connectivity index (χ1n) is 8.02. The van der Waals surface area contributed by atoms with Crippen molar-refractivity contribution < 1.29 is 29.0 Å². The van der Waals surface area contributed by atoms with Crippen LogP contribution in [0, 0.1) is 11.8 Å². The van der Waals surface area contributed by atoms with Crippen LogP contribution < -0.4 is 0 Å². The van der Waals surface area contributed by atoms with Crippen LogP contribution in [-0.2, 0) is 23.9 Å². The highest BCUT2D eigenvalue weighted by Crippen LogP contribution is 2.25. The lowest BCUT2D eigenvalue weighted by molar-refractivity contribution is -0.173. The fourth-order valence-corrected chi connectivity index (χ4v) is 1.66. The average Bonchev–Trinajstić information content (AvgIpc) is 2.42. The number of aliphatic carboxylic acids is 1. The van der Waals surface area contributed by atoms with E-state index < -0.39 is 40.9 Å². The highest BCUT2D eigenvalue weighted by atomic mass is 16.6. The average molecular weight is 330 g/mol. The van der Waals surface area contributed by atoms with E-state index in [1.807, 2.05) is 13.8 Å². The van der Waals surface area contributed by atoms with E-state index in [0.717, 1.165) is 0 Å². The summed E-state index contributed by atoms with van der Waals surface area (Å²) in [6, 6.07) is 0. The Labute approximate surface area is 138 Å². The van der Waals surface area contributed by atoms with Crippen LogP contribution in [0.1, 0.15) is 67.7 Å². The molecule has 0 radical (unpaired) electrons. The Morgan fingerprint density at radius 2 is 1.39 bits per heavy atom. The molecule has 0 rings (SSSR count). The molecule has 0 saturated carbocycles. The van der Waals surface area contributed by atoms with Crippen LogP contribution in [-0.4, -0.2) is 34.2 Å². The van der Waals surface area contributed by atoms with E-state index in [0.29, 0.717) is 12.8 Å². The molecule has 0 spiro atoms. The summed E-state index contributed by atoms with van der Waals surface area (Å²) >= 11 is 0. The largest absolute Gasteiger partial charge is 0.481 e. The number of carbonyl (C=O) groups excluding carboxylic acids is 2. The van der Waals surface area contributed by atoms with Crippen LogP contribution in [0.2, 0.25) is 0 Å². The number of rotatable bonds is 9. The molecular weight excluding hydrogens is 300 g/mol. The first-order valence-corrected chi connectivity index (χ1v) is 8.02. The van der Waals surface area contributed by atoms with Gasteiger partial charge in [-0.15, -0.1) is 0 Å². The summed E-state index contributed by atoms with van der Waals surface area (Å²) in [6.45, 7) is 12.1. The van der Waals surface area contributed by atoms with Crippen molar-refractivity contribution in [2.75, 3.05) is 0 Å². The minimum Gasteiger partial charge on any atom is -0.481 e. The smallest absolute Gasteiger partial charge is 0.310 e.